The second-order valence-electron chi connectivity index (χ2n) is 6.57. The SMILES string of the molecule is CC(C)(C)OC(=O)N1CCC(=O)CC12CCNCC2. The number of hydrogen-bond donors (Lipinski definition) is 1. The highest BCUT2D eigenvalue weighted by Crippen LogP contribution is 2.35. The summed E-state index contributed by atoms with van der Waals surface area (Å²) in [6, 6.07) is 0. The molecule has 1 spiro atoms. The maximum absolute atomic E-state index is 12.4. The van der Waals surface area contributed by atoms with E-state index in [0.717, 1.165) is 25.9 Å². The first-order valence-corrected chi connectivity index (χ1v) is 7.05. The number of hydrogen-bond acceptors (Lipinski definition) is 4. The van der Waals surface area contributed by atoms with Gasteiger partial charge in [0, 0.05) is 19.4 Å². The second kappa shape index (κ2) is 5.12. The largest absolute Gasteiger partial charge is 0.444 e. The summed E-state index contributed by atoms with van der Waals surface area (Å²) in [7, 11) is 0. The monoisotopic (exact) mass is 268 g/mol. The Balaban J connectivity index is 2.16. The third-order valence-corrected chi connectivity index (χ3v) is 3.86. The van der Waals surface area contributed by atoms with Crippen LogP contribution in [-0.2, 0) is 9.53 Å². The lowest BCUT2D eigenvalue weighted by molar-refractivity contribution is -0.127. The molecule has 0 aliphatic carbocycles. The standard InChI is InChI=1S/C14H24N2O3/c1-13(2,3)19-12(18)16-9-4-11(17)10-14(16)5-7-15-8-6-14/h15H,4-10H2,1-3H3. The molecule has 0 aromatic heterocycles. The number of carbonyl (C=O) groups is 2. The fraction of sp³-hybridized carbons (Fsp3) is 0.857. The number of nitrogens with zero attached hydrogens (tertiary/aromatic N) is 1. The number of ketones is 1. The van der Waals surface area contributed by atoms with E-state index in [0.29, 0.717) is 19.4 Å². The van der Waals surface area contributed by atoms with Gasteiger partial charge in [-0.15, -0.1) is 0 Å². The summed E-state index contributed by atoms with van der Waals surface area (Å²) in [5, 5.41) is 3.29. The van der Waals surface area contributed by atoms with Crippen molar-refractivity contribution in [2.75, 3.05) is 19.6 Å². The van der Waals surface area contributed by atoms with Crippen molar-refractivity contribution >= 4 is 11.9 Å². The van der Waals surface area contributed by atoms with Crippen LogP contribution in [0, 0.1) is 0 Å². The van der Waals surface area contributed by atoms with E-state index in [1.165, 1.54) is 0 Å². The third-order valence-electron chi connectivity index (χ3n) is 3.86. The number of amides is 1. The first kappa shape index (κ1) is 14.3. The lowest BCUT2D eigenvalue weighted by Gasteiger charge is -2.48. The molecule has 19 heavy (non-hydrogen) atoms. The number of rotatable bonds is 0. The van der Waals surface area contributed by atoms with E-state index in [2.05, 4.69) is 5.32 Å². The van der Waals surface area contributed by atoms with Crippen molar-refractivity contribution in [2.24, 2.45) is 0 Å². The highest BCUT2D eigenvalue weighted by molar-refractivity contribution is 5.83. The molecule has 2 aliphatic rings. The average Bonchev–Trinajstić information content (AvgIpc) is 2.27. The Morgan fingerprint density at radius 2 is 1.95 bits per heavy atom. The molecule has 0 saturated carbocycles. The molecule has 0 radical (unpaired) electrons. The Morgan fingerprint density at radius 1 is 1.32 bits per heavy atom. The molecule has 5 heteroatoms. The van der Waals surface area contributed by atoms with E-state index < -0.39 is 5.60 Å². The molecule has 0 aromatic carbocycles. The molecule has 0 aromatic rings. The molecular weight excluding hydrogens is 244 g/mol. The number of ether oxygens (including phenoxy) is 1. The van der Waals surface area contributed by atoms with E-state index in [1.807, 2.05) is 20.8 Å². The van der Waals surface area contributed by atoms with Crippen molar-refractivity contribution in [3.05, 3.63) is 0 Å². The van der Waals surface area contributed by atoms with Crippen molar-refractivity contribution in [1.29, 1.82) is 0 Å². The van der Waals surface area contributed by atoms with Gasteiger partial charge >= 0.3 is 6.09 Å². The van der Waals surface area contributed by atoms with Gasteiger partial charge in [0.1, 0.15) is 11.4 Å². The molecule has 108 valence electrons. The van der Waals surface area contributed by atoms with Crippen molar-refractivity contribution in [3.8, 4) is 0 Å². The van der Waals surface area contributed by atoms with Gasteiger partial charge in [-0.25, -0.2) is 4.79 Å². The van der Waals surface area contributed by atoms with Crippen molar-refractivity contribution in [3.63, 3.8) is 0 Å². The van der Waals surface area contributed by atoms with Crippen LogP contribution in [0.1, 0.15) is 46.5 Å². The van der Waals surface area contributed by atoms with Crippen LogP contribution in [0.15, 0.2) is 0 Å². The van der Waals surface area contributed by atoms with Crippen LogP contribution < -0.4 is 5.32 Å². The predicted octanol–water partition coefficient (Wildman–Crippen LogP) is 1.71. The highest BCUT2D eigenvalue weighted by Gasteiger charge is 2.46. The van der Waals surface area contributed by atoms with Crippen molar-refractivity contribution in [1.82, 2.24) is 10.2 Å². The van der Waals surface area contributed by atoms with Crippen LogP contribution in [0.25, 0.3) is 0 Å². The minimum absolute atomic E-state index is 0.265. The summed E-state index contributed by atoms with van der Waals surface area (Å²) in [6.07, 6.45) is 2.32. The Hall–Kier alpha value is -1.10. The Labute approximate surface area is 114 Å². The van der Waals surface area contributed by atoms with Crippen LogP contribution >= 0.6 is 0 Å². The molecular formula is C14H24N2O3. The molecule has 0 atom stereocenters. The number of likely N-dealkylation sites (tertiary alicyclic amines) is 1. The molecule has 2 saturated heterocycles. The molecule has 0 bridgehead atoms. The van der Waals surface area contributed by atoms with Crippen LogP contribution in [0.2, 0.25) is 0 Å². The zero-order chi connectivity index (χ0) is 14.1. The minimum atomic E-state index is -0.493. The molecule has 2 rings (SSSR count). The number of Topliss-reactive ketones (excluding diaryl/α,β-unsaturated/α-hetero) is 1. The molecule has 2 heterocycles. The first-order chi connectivity index (χ1) is 8.82. The van der Waals surface area contributed by atoms with Crippen LogP contribution in [0.5, 0.6) is 0 Å². The number of piperidine rings is 2. The topological polar surface area (TPSA) is 58.6 Å². The van der Waals surface area contributed by atoms with E-state index in [9.17, 15) is 9.59 Å². The smallest absolute Gasteiger partial charge is 0.410 e. The summed E-state index contributed by atoms with van der Waals surface area (Å²) in [5.74, 6) is 0.265. The fourth-order valence-electron chi connectivity index (χ4n) is 2.97. The maximum Gasteiger partial charge on any atom is 0.410 e. The number of carbonyl (C=O) groups excluding carboxylic acids is 2. The van der Waals surface area contributed by atoms with E-state index >= 15 is 0 Å². The predicted molar refractivity (Wildman–Crippen MR) is 72.0 cm³/mol. The molecule has 1 amide bonds. The minimum Gasteiger partial charge on any atom is -0.444 e. The summed E-state index contributed by atoms with van der Waals surface area (Å²) in [4.78, 5) is 26.0. The molecule has 5 nitrogen and oxygen atoms in total. The molecule has 1 N–H and O–H groups in total. The Kier molecular flexibility index (Phi) is 3.85. The number of nitrogens with one attached hydrogen (secondary N) is 1. The zero-order valence-corrected chi connectivity index (χ0v) is 12.1. The highest BCUT2D eigenvalue weighted by atomic mass is 16.6. The van der Waals surface area contributed by atoms with E-state index in [4.69, 9.17) is 4.74 Å². The van der Waals surface area contributed by atoms with Gasteiger partial charge in [-0.1, -0.05) is 0 Å². The molecule has 0 unspecified atom stereocenters. The Bertz CT molecular complexity index is 367. The maximum atomic E-state index is 12.4. The average molecular weight is 268 g/mol. The van der Waals surface area contributed by atoms with Crippen molar-refractivity contribution in [2.45, 2.75) is 57.6 Å². The van der Waals surface area contributed by atoms with Gasteiger partial charge in [0.2, 0.25) is 0 Å². The Morgan fingerprint density at radius 3 is 2.53 bits per heavy atom. The van der Waals surface area contributed by atoms with Crippen LogP contribution in [0.4, 0.5) is 4.79 Å². The lowest BCUT2D eigenvalue weighted by Crippen LogP contribution is -2.61. The van der Waals surface area contributed by atoms with Gasteiger partial charge in [0.25, 0.3) is 0 Å². The summed E-state index contributed by atoms with van der Waals surface area (Å²) < 4.78 is 5.50. The normalized spacial score (nSPS) is 23.5. The summed E-state index contributed by atoms with van der Waals surface area (Å²) in [5.41, 5.74) is -0.810. The van der Waals surface area contributed by atoms with Crippen LogP contribution in [0.3, 0.4) is 0 Å². The molecule has 2 aliphatic heterocycles. The van der Waals surface area contributed by atoms with Gasteiger partial charge in [-0.2, -0.15) is 0 Å². The van der Waals surface area contributed by atoms with Gasteiger partial charge in [-0.05, 0) is 46.7 Å². The van der Waals surface area contributed by atoms with Crippen molar-refractivity contribution < 1.29 is 14.3 Å². The van der Waals surface area contributed by atoms with E-state index in [-0.39, 0.29) is 17.4 Å². The van der Waals surface area contributed by atoms with Gasteiger partial charge in [0.05, 0.1) is 5.54 Å². The van der Waals surface area contributed by atoms with Crippen LogP contribution in [-0.4, -0.2) is 47.6 Å². The van der Waals surface area contributed by atoms with Gasteiger partial charge < -0.3 is 15.0 Å². The van der Waals surface area contributed by atoms with Gasteiger partial charge in [0.15, 0.2) is 0 Å². The fourth-order valence-corrected chi connectivity index (χ4v) is 2.97. The third kappa shape index (κ3) is 3.26. The zero-order valence-electron chi connectivity index (χ0n) is 12.1. The van der Waals surface area contributed by atoms with Gasteiger partial charge in [-0.3, -0.25) is 4.79 Å². The summed E-state index contributed by atoms with van der Waals surface area (Å²) in [6.45, 7) is 7.81. The van der Waals surface area contributed by atoms with E-state index in [1.54, 1.807) is 4.90 Å². The quantitative estimate of drug-likeness (QED) is 0.726. The summed E-state index contributed by atoms with van der Waals surface area (Å²) >= 11 is 0. The lowest BCUT2D eigenvalue weighted by atomic mass is 9.79. The first-order valence-electron chi connectivity index (χ1n) is 7.05. The second-order valence-corrected chi connectivity index (χ2v) is 6.57. The molecule has 2 fully saturated rings.